The number of carbonyl (C=O) groups is 2. The van der Waals surface area contributed by atoms with Gasteiger partial charge in [0.25, 0.3) is 0 Å². The molecule has 74 valence electrons. The van der Waals surface area contributed by atoms with Crippen LogP contribution in [0.2, 0.25) is 0 Å². The third-order valence-electron chi connectivity index (χ3n) is 1.47. The van der Waals surface area contributed by atoms with Crippen molar-refractivity contribution in [2.24, 2.45) is 0 Å². The lowest BCUT2D eigenvalue weighted by Gasteiger charge is -2.05. The van der Waals surface area contributed by atoms with Crippen LogP contribution >= 0.6 is 0 Å². The van der Waals surface area contributed by atoms with Gasteiger partial charge in [-0.3, -0.25) is 4.79 Å². The lowest BCUT2D eigenvalue weighted by atomic mass is 10.2. The van der Waals surface area contributed by atoms with E-state index < -0.39 is 24.1 Å². The molecule has 0 radical (unpaired) electrons. The zero-order valence-electron chi connectivity index (χ0n) is 7.07. The summed E-state index contributed by atoms with van der Waals surface area (Å²) in [7, 11) is 0. The van der Waals surface area contributed by atoms with E-state index in [1.807, 2.05) is 0 Å². The van der Waals surface area contributed by atoms with Crippen molar-refractivity contribution in [1.29, 1.82) is 0 Å². The Bertz CT molecular complexity index is 362. The Balaban J connectivity index is 3.04. The average molecular weight is 198 g/mol. The van der Waals surface area contributed by atoms with Crippen LogP contribution in [0.3, 0.4) is 0 Å². The Hall–Kier alpha value is -1.75. The van der Waals surface area contributed by atoms with Crippen molar-refractivity contribution >= 4 is 12.3 Å². The van der Waals surface area contributed by atoms with Crippen LogP contribution in [0.25, 0.3) is 0 Å². The highest BCUT2D eigenvalue weighted by atomic mass is 19.1. The highest BCUT2D eigenvalue weighted by molar-refractivity contribution is 5.82. The summed E-state index contributed by atoms with van der Waals surface area (Å²) < 4.78 is 17.4. The summed E-state index contributed by atoms with van der Waals surface area (Å²) in [6, 6.07) is 3.67. The Morgan fingerprint density at radius 1 is 1.57 bits per heavy atom. The Kier molecular flexibility index (Phi) is 3.30. The van der Waals surface area contributed by atoms with Gasteiger partial charge in [0, 0.05) is 0 Å². The van der Waals surface area contributed by atoms with Gasteiger partial charge in [0.2, 0.25) is 0 Å². The van der Waals surface area contributed by atoms with Crippen molar-refractivity contribution < 1.29 is 23.8 Å². The Morgan fingerprint density at radius 3 is 2.86 bits per heavy atom. The third kappa shape index (κ3) is 2.14. The molecule has 1 N–H and O–H groups in total. The van der Waals surface area contributed by atoms with Crippen LogP contribution in [0, 0.1) is 5.82 Å². The minimum absolute atomic E-state index is 0.0770. The van der Waals surface area contributed by atoms with E-state index in [0.717, 1.165) is 6.07 Å². The second-order valence-corrected chi connectivity index (χ2v) is 2.41. The number of benzene rings is 1. The smallest absolute Gasteiger partial charge is 0.337 e. The van der Waals surface area contributed by atoms with Crippen LogP contribution in [0.1, 0.15) is 10.4 Å². The molecule has 0 spiro atoms. The van der Waals surface area contributed by atoms with Crippen molar-refractivity contribution in [2.75, 3.05) is 6.61 Å². The number of aliphatic hydroxyl groups is 1. The number of hydrogen-bond donors (Lipinski definition) is 1. The molecule has 0 fully saturated rings. The molecule has 0 heterocycles. The van der Waals surface area contributed by atoms with Gasteiger partial charge in [-0.2, -0.15) is 0 Å². The van der Waals surface area contributed by atoms with E-state index in [9.17, 15) is 14.0 Å². The molecule has 0 amide bonds. The van der Waals surface area contributed by atoms with Crippen molar-refractivity contribution in [3.8, 4) is 5.75 Å². The lowest BCUT2D eigenvalue weighted by Crippen LogP contribution is -2.14. The minimum atomic E-state index is -1.02. The maximum absolute atomic E-state index is 13.0. The van der Waals surface area contributed by atoms with E-state index in [1.54, 1.807) is 0 Å². The Morgan fingerprint density at radius 2 is 2.29 bits per heavy atom. The molecule has 0 unspecified atom stereocenters. The number of aldehydes is 1. The molecule has 0 aliphatic rings. The lowest BCUT2D eigenvalue weighted by molar-refractivity contribution is -0.137. The molecule has 0 aliphatic heterocycles. The van der Waals surface area contributed by atoms with E-state index in [-0.39, 0.29) is 5.56 Å². The first-order chi connectivity index (χ1) is 6.69. The summed E-state index contributed by atoms with van der Waals surface area (Å²) in [5.74, 6) is -2.30. The quantitative estimate of drug-likeness (QED) is 0.437. The van der Waals surface area contributed by atoms with Gasteiger partial charge in [-0.25, -0.2) is 9.18 Å². The summed E-state index contributed by atoms with van der Waals surface area (Å²) in [5.41, 5.74) is -0.0770. The molecule has 0 atom stereocenters. The van der Waals surface area contributed by atoms with Gasteiger partial charge in [0.1, 0.15) is 6.61 Å². The second-order valence-electron chi connectivity index (χ2n) is 2.41. The van der Waals surface area contributed by atoms with E-state index in [1.165, 1.54) is 12.1 Å². The normalized spacial score (nSPS) is 9.57. The fourth-order valence-corrected chi connectivity index (χ4v) is 0.872. The van der Waals surface area contributed by atoms with Gasteiger partial charge >= 0.3 is 5.97 Å². The van der Waals surface area contributed by atoms with E-state index in [2.05, 4.69) is 4.74 Å². The molecule has 0 aliphatic carbocycles. The van der Waals surface area contributed by atoms with Crippen LogP contribution < -0.4 is 4.74 Å². The molecular weight excluding hydrogens is 191 g/mol. The molecule has 14 heavy (non-hydrogen) atoms. The molecule has 0 bridgehead atoms. The van der Waals surface area contributed by atoms with Crippen LogP contribution in [-0.2, 0) is 4.79 Å². The summed E-state index contributed by atoms with van der Waals surface area (Å²) in [5, 5.41) is 8.37. The second kappa shape index (κ2) is 4.48. The minimum Gasteiger partial charge on any atom is -0.421 e. The molecule has 0 aromatic heterocycles. The van der Waals surface area contributed by atoms with Gasteiger partial charge in [-0.15, -0.1) is 0 Å². The van der Waals surface area contributed by atoms with Crippen molar-refractivity contribution in [1.82, 2.24) is 0 Å². The fraction of sp³-hybridized carbons (Fsp3) is 0.111. The van der Waals surface area contributed by atoms with Crippen LogP contribution in [-0.4, -0.2) is 24.0 Å². The van der Waals surface area contributed by atoms with E-state index >= 15 is 0 Å². The fourth-order valence-electron chi connectivity index (χ4n) is 0.872. The average Bonchev–Trinajstić information content (AvgIpc) is 2.20. The van der Waals surface area contributed by atoms with Gasteiger partial charge in [0.15, 0.2) is 17.9 Å². The maximum atomic E-state index is 13.0. The molecule has 1 aromatic rings. The van der Waals surface area contributed by atoms with Crippen molar-refractivity contribution in [2.45, 2.75) is 0 Å². The van der Waals surface area contributed by atoms with Gasteiger partial charge in [-0.05, 0) is 12.1 Å². The van der Waals surface area contributed by atoms with Gasteiger partial charge in [-0.1, -0.05) is 6.07 Å². The number of halogens is 1. The molecule has 5 heteroatoms. The zero-order valence-corrected chi connectivity index (χ0v) is 7.07. The Labute approximate surface area is 78.9 Å². The first kappa shape index (κ1) is 10.3. The first-order valence-corrected chi connectivity index (χ1v) is 3.74. The number of hydrogen-bond acceptors (Lipinski definition) is 4. The third-order valence-corrected chi connectivity index (χ3v) is 1.47. The van der Waals surface area contributed by atoms with Crippen molar-refractivity contribution in [3.63, 3.8) is 0 Å². The van der Waals surface area contributed by atoms with E-state index in [0.29, 0.717) is 6.29 Å². The largest absolute Gasteiger partial charge is 0.421 e. The number of para-hydroxylation sites is 1. The number of esters is 1. The molecule has 0 saturated heterocycles. The highest BCUT2D eigenvalue weighted by Gasteiger charge is 2.12. The molecular formula is C9H7FO4. The molecule has 4 nitrogen and oxygen atoms in total. The summed E-state index contributed by atoms with van der Waals surface area (Å²) in [6.07, 6.45) is 0.364. The van der Waals surface area contributed by atoms with E-state index in [4.69, 9.17) is 5.11 Å². The monoisotopic (exact) mass is 198 g/mol. The van der Waals surface area contributed by atoms with Crippen molar-refractivity contribution in [3.05, 3.63) is 29.6 Å². The van der Waals surface area contributed by atoms with Crippen LogP contribution in [0.4, 0.5) is 4.39 Å². The highest BCUT2D eigenvalue weighted by Crippen LogP contribution is 2.20. The molecule has 1 aromatic carbocycles. The SMILES string of the molecule is O=Cc1cccc(F)c1OC(=O)CO. The van der Waals surface area contributed by atoms with Gasteiger partial charge in [0.05, 0.1) is 5.56 Å². The summed E-state index contributed by atoms with van der Waals surface area (Å²) >= 11 is 0. The number of carbonyl (C=O) groups excluding carboxylic acids is 2. The topological polar surface area (TPSA) is 63.6 Å². The summed E-state index contributed by atoms with van der Waals surface area (Å²) in [6.45, 7) is -0.868. The van der Waals surface area contributed by atoms with Crippen LogP contribution in [0.5, 0.6) is 5.75 Å². The maximum Gasteiger partial charge on any atom is 0.337 e. The van der Waals surface area contributed by atoms with Crippen LogP contribution in [0.15, 0.2) is 18.2 Å². The van der Waals surface area contributed by atoms with Gasteiger partial charge < -0.3 is 9.84 Å². The predicted octanol–water partition coefficient (Wildman–Crippen LogP) is 0.536. The zero-order chi connectivity index (χ0) is 10.6. The standard InChI is InChI=1S/C9H7FO4/c10-7-3-1-2-6(4-11)9(7)14-8(13)5-12/h1-4,12H,5H2. The summed E-state index contributed by atoms with van der Waals surface area (Å²) in [4.78, 5) is 21.1. The number of ether oxygens (including phenoxy) is 1. The molecule has 1 rings (SSSR count). The molecule has 0 saturated carbocycles. The number of rotatable bonds is 3. The number of aliphatic hydroxyl groups excluding tert-OH is 1. The predicted molar refractivity (Wildman–Crippen MR) is 44.5 cm³/mol. The first-order valence-electron chi connectivity index (χ1n) is 3.74.